The molecule has 1 heterocycles. The number of aliphatic hydroxyl groups is 2. The van der Waals surface area contributed by atoms with E-state index in [1.54, 1.807) is 6.07 Å². The predicted molar refractivity (Wildman–Crippen MR) is 53.4 cm³/mol. The summed E-state index contributed by atoms with van der Waals surface area (Å²) in [4.78, 5) is 14.3. The van der Waals surface area contributed by atoms with Crippen LogP contribution in [0.15, 0.2) is 18.3 Å². The van der Waals surface area contributed by atoms with Crippen LogP contribution in [0.2, 0.25) is 0 Å². The molecule has 1 aromatic heterocycles. The second kappa shape index (κ2) is 4.72. The van der Waals surface area contributed by atoms with Gasteiger partial charge in [0.1, 0.15) is 11.9 Å². The summed E-state index contributed by atoms with van der Waals surface area (Å²) in [6.07, 6.45) is -1.39. The molecule has 6 nitrogen and oxygen atoms in total. The molecule has 6 N–H and O–H groups in total. The van der Waals surface area contributed by atoms with Crippen LogP contribution in [0.3, 0.4) is 0 Å². The molecule has 6 heteroatoms. The van der Waals surface area contributed by atoms with Gasteiger partial charge in [0.15, 0.2) is 0 Å². The van der Waals surface area contributed by atoms with E-state index in [1.165, 1.54) is 12.3 Å². The van der Waals surface area contributed by atoms with Gasteiger partial charge in [-0.15, -0.1) is 0 Å². The van der Waals surface area contributed by atoms with Crippen molar-refractivity contribution in [1.29, 1.82) is 0 Å². The summed E-state index contributed by atoms with van der Waals surface area (Å²) < 4.78 is 0. The first-order valence-corrected chi connectivity index (χ1v) is 4.37. The number of hydrogen-bond donors (Lipinski definition) is 4. The lowest BCUT2D eigenvalue weighted by Crippen LogP contribution is -2.26. The molecule has 0 radical (unpaired) electrons. The van der Waals surface area contributed by atoms with Gasteiger partial charge in [0.05, 0.1) is 12.5 Å². The second-order valence-corrected chi connectivity index (χ2v) is 3.16. The van der Waals surface area contributed by atoms with Crippen molar-refractivity contribution in [3.8, 4) is 0 Å². The summed E-state index contributed by atoms with van der Waals surface area (Å²) in [5.41, 5.74) is 10.7. The van der Waals surface area contributed by atoms with Crippen molar-refractivity contribution < 1.29 is 15.0 Å². The summed E-state index contributed by atoms with van der Waals surface area (Å²) in [5, 5.41) is 19.1. The molecule has 0 aliphatic rings. The van der Waals surface area contributed by atoms with Crippen molar-refractivity contribution in [3.63, 3.8) is 0 Å². The maximum Gasteiger partial charge on any atom is 0.220 e. The smallest absolute Gasteiger partial charge is 0.220 e. The predicted octanol–water partition coefficient (Wildman–Crippen LogP) is -1.07. The van der Waals surface area contributed by atoms with Crippen LogP contribution in [0.4, 0.5) is 5.82 Å². The molecular formula is C9H13N3O3. The number of nitrogen functional groups attached to an aromatic ring is 1. The third-order valence-electron chi connectivity index (χ3n) is 1.96. The minimum Gasteiger partial charge on any atom is -0.390 e. The number of amides is 1. The Bertz CT molecular complexity index is 356. The first kappa shape index (κ1) is 11.4. The zero-order valence-electron chi connectivity index (χ0n) is 8.00. The molecule has 82 valence electrons. The highest BCUT2D eigenvalue weighted by atomic mass is 16.3. The summed E-state index contributed by atoms with van der Waals surface area (Å²) in [6.45, 7) is 0. The van der Waals surface area contributed by atoms with E-state index in [4.69, 9.17) is 11.5 Å². The average Bonchev–Trinajstić information content (AvgIpc) is 2.16. The van der Waals surface area contributed by atoms with E-state index in [0.29, 0.717) is 0 Å². The van der Waals surface area contributed by atoms with Crippen molar-refractivity contribution in [2.24, 2.45) is 5.73 Å². The Kier molecular flexibility index (Phi) is 3.59. The molecular weight excluding hydrogens is 198 g/mol. The van der Waals surface area contributed by atoms with Crippen molar-refractivity contribution in [3.05, 3.63) is 23.9 Å². The average molecular weight is 211 g/mol. The van der Waals surface area contributed by atoms with Crippen LogP contribution in [0.5, 0.6) is 0 Å². The number of anilines is 1. The quantitative estimate of drug-likeness (QED) is 0.505. The molecule has 0 aliphatic heterocycles. The first-order chi connectivity index (χ1) is 7.02. The van der Waals surface area contributed by atoms with Gasteiger partial charge in [-0.25, -0.2) is 4.98 Å². The number of nitrogens with zero attached hydrogens (tertiary/aromatic N) is 1. The van der Waals surface area contributed by atoms with E-state index >= 15 is 0 Å². The number of primary amides is 1. The van der Waals surface area contributed by atoms with Crippen molar-refractivity contribution in [2.45, 2.75) is 18.6 Å². The Hall–Kier alpha value is -1.66. The molecule has 1 aromatic rings. The number of carbonyl (C=O) groups excluding carboxylic acids is 1. The van der Waals surface area contributed by atoms with E-state index in [2.05, 4.69) is 4.98 Å². The molecule has 0 spiro atoms. The minimum atomic E-state index is -1.27. The minimum absolute atomic E-state index is 0.119. The summed E-state index contributed by atoms with van der Waals surface area (Å²) in [6, 6.07) is 3.10. The fraction of sp³-hybridized carbons (Fsp3) is 0.333. The SMILES string of the molecule is NC(=O)CC(O)C(O)c1cccnc1N. The third-order valence-corrected chi connectivity index (χ3v) is 1.96. The molecule has 0 fully saturated rings. The zero-order chi connectivity index (χ0) is 11.4. The lowest BCUT2D eigenvalue weighted by Gasteiger charge is -2.17. The van der Waals surface area contributed by atoms with Crippen LogP contribution in [-0.4, -0.2) is 27.2 Å². The van der Waals surface area contributed by atoms with Gasteiger partial charge in [0.2, 0.25) is 5.91 Å². The number of aromatic nitrogens is 1. The summed E-state index contributed by atoms with van der Waals surface area (Å²) in [7, 11) is 0. The van der Waals surface area contributed by atoms with Gasteiger partial charge in [0, 0.05) is 11.8 Å². The van der Waals surface area contributed by atoms with Crippen LogP contribution >= 0.6 is 0 Å². The Morgan fingerprint density at radius 2 is 2.20 bits per heavy atom. The lowest BCUT2D eigenvalue weighted by molar-refractivity contribution is -0.121. The first-order valence-electron chi connectivity index (χ1n) is 4.37. The van der Waals surface area contributed by atoms with Gasteiger partial charge >= 0.3 is 0 Å². The van der Waals surface area contributed by atoms with E-state index in [1.807, 2.05) is 0 Å². The van der Waals surface area contributed by atoms with Gasteiger partial charge in [-0.2, -0.15) is 0 Å². The van der Waals surface area contributed by atoms with E-state index in [-0.39, 0.29) is 17.8 Å². The van der Waals surface area contributed by atoms with Crippen LogP contribution in [0.25, 0.3) is 0 Å². The molecule has 2 unspecified atom stereocenters. The molecule has 0 bridgehead atoms. The van der Waals surface area contributed by atoms with Crippen molar-refractivity contribution >= 4 is 11.7 Å². The van der Waals surface area contributed by atoms with E-state index in [9.17, 15) is 15.0 Å². The fourth-order valence-electron chi connectivity index (χ4n) is 1.21. The van der Waals surface area contributed by atoms with Crippen LogP contribution < -0.4 is 11.5 Å². The highest BCUT2D eigenvalue weighted by Crippen LogP contribution is 2.22. The number of aliphatic hydroxyl groups excluding tert-OH is 2. The third kappa shape index (κ3) is 2.90. The summed E-state index contributed by atoms with van der Waals surface area (Å²) >= 11 is 0. The topological polar surface area (TPSA) is 122 Å². The summed E-state index contributed by atoms with van der Waals surface area (Å²) in [5.74, 6) is -0.572. The van der Waals surface area contributed by atoms with Crippen LogP contribution in [-0.2, 0) is 4.79 Å². The molecule has 0 saturated carbocycles. The maximum atomic E-state index is 10.5. The number of carbonyl (C=O) groups is 1. The monoisotopic (exact) mass is 211 g/mol. The molecule has 2 atom stereocenters. The standard InChI is InChI=1S/C9H13N3O3/c10-7(14)4-6(13)8(15)5-2-1-3-12-9(5)11/h1-3,6,8,13,15H,4H2,(H2,10,14)(H2,11,12). The fourth-order valence-corrected chi connectivity index (χ4v) is 1.21. The van der Waals surface area contributed by atoms with Crippen LogP contribution in [0.1, 0.15) is 18.1 Å². The molecule has 0 aliphatic carbocycles. The van der Waals surface area contributed by atoms with Crippen molar-refractivity contribution in [2.75, 3.05) is 5.73 Å². The molecule has 1 amide bonds. The lowest BCUT2D eigenvalue weighted by atomic mass is 10.0. The van der Waals surface area contributed by atoms with Gasteiger partial charge in [0.25, 0.3) is 0 Å². The number of pyridine rings is 1. The largest absolute Gasteiger partial charge is 0.390 e. The highest BCUT2D eigenvalue weighted by molar-refractivity contribution is 5.74. The van der Waals surface area contributed by atoms with Crippen LogP contribution in [0, 0.1) is 0 Å². The Morgan fingerprint density at radius 3 is 2.73 bits per heavy atom. The Morgan fingerprint density at radius 1 is 1.53 bits per heavy atom. The second-order valence-electron chi connectivity index (χ2n) is 3.16. The Labute approximate surface area is 86.5 Å². The van der Waals surface area contributed by atoms with Crippen molar-refractivity contribution in [1.82, 2.24) is 4.98 Å². The van der Waals surface area contributed by atoms with Gasteiger partial charge in [-0.3, -0.25) is 4.79 Å². The van der Waals surface area contributed by atoms with Gasteiger partial charge in [-0.1, -0.05) is 6.07 Å². The molecule has 1 rings (SSSR count). The van der Waals surface area contributed by atoms with E-state index in [0.717, 1.165) is 0 Å². The number of nitrogens with two attached hydrogens (primary N) is 2. The van der Waals surface area contributed by atoms with Gasteiger partial charge < -0.3 is 21.7 Å². The maximum absolute atomic E-state index is 10.5. The normalized spacial score (nSPS) is 14.5. The van der Waals surface area contributed by atoms with Gasteiger partial charge in [-0.05, 0) is 6.07 Å². The number of rotatable bonds is 4. The Balaban J connectivity index is 2.80. The zero-order valence-corrected chi connectivity index (χ0v) is 8.00. The molecule has 0 aromatic carbocycles. The molecule has 15 heavy (non-hydrogen) atoms. The van der Waals surface area contributed by atoms with E-state index < -0.39 is 18.1 Å². The molecule has 0 saturated heterocycles. The highest BCUT2D eigenvalue weighted by Gasteiger charge is 2.22. The number of hydrogen-bond acceptors (Lipinski definition) is 5.